The Labute approximate surface area is 95.1 Å². The quantitative estimate of drug-likeness (QED) is 0.802. The summed E-state index contributed by atoms with van der Waals surface area (Å²) in [5.41, 5.74) is 15.4. The molecule has 0 amide bonds. The van der Waals surface area contributed by atoms with Gasteiger partial charge in [-0.2, -0.15) is 0 Å². The van der Waals surface area contributed by atoms with Gasteiger partial charge in [0.05, 0.1) is 5.69 Å². The fourth-order valence-corrected chi connectivity index (χ4v) is 1.56. The van der Waals surface area contributed by atoms with E-state index in [1.807, 2.05) is 24.3 Å². The van der Waals surface area contributed by atoms with Crippen molar-refractivity contribution in [3.05, 3.63) is 47.5 Å². The van der Waals surface area contributed by atoms with Gasteiger partial charge in [0.25, 0.3) is 0 Å². The van der Waals surface area contributed by atoms with Gasteiger partial charge in [0, 0.05) is 17.7 Å². The Bertz CT molecular complexity index is 489. The molecule has 0 aliphatic carbocycles. The maximum atomic E-state index is 5.81. The topological polar surface area (TPSA) is 64.9 Å². The van der Waals surface area contributed by atoms with Crippen molar-refractivity contribution in [3.63, 3.8) is 0 Å². The third-order valence-corrected chi connectivity index (χ3v) is 2.58. The van der Waals surface area contributed by atoms with E-state index in [-0.39, 0.29) is 0 Å². The summed E-state index contributed by atoms with van der Waals surface area (Å²) in [5.74, 6) is 0.514. The fraction of sp³-hybridized carbons (Fsp3) is 0.154. The zero-order valence-corrected chi connectivity index (χ0v) is 9.27. The van der Waals surface area contributed by atoms with Gasteiger partial charge < -0.3 is 11.5 Å². The van der Waals surface area contributed by atoms with Gasteiger partial charge in [-0.3, -0.25) is 0 Å². The molecule has 0 saturated carbocycles. The number of nitrogens with two attached hydrogens (primary N) is 2. The summed E-state index contributed by atoms with van der Waals surface area (Å²) in [6.45, 7) is 2.48. The van der Waals surface area contributed by atoms with Crippen LogP contribution < -0.4 is 11.5 Å². The van der Waals surface area contributed by atoms with Gasteiger partial charge in [-0.25, -0.2) is 4.98 Å². The molecule has 2 rings (SSSR count). The Morgan fingerprint density at radius 3 is 2.31 bits per heavy atom. The monoisotopic (exact) mass is 213 g/mol. The number of benzene rings is 1. The Hall–Kier alpha value is -1.87. The van der Waals surface area contributed by atoms with Crippen molar-refractivity contribution >= 4 is 5.82 Å². The molecule has 0 radical (unpaired) electrons. The van der Waals surface area contributed by atoms with Crippen molar-refractivity contribution in [1.29, 1.82) is 0 Å². The molecule has 0 unspecified atom stereocenters. The van der Waals surface area contributed by atoms with Crippen LogP contribution in [0.1, 0.15) is 11.1 Å². The molecular weight excluding hydrogens is 198 g/mol. The zero-order chi connectivity index (χ0) is 11.5. The van der Waals surface area contributed by atoms with E-state index >= 15 is 0 Å². The first kappa shape index (κ1) is 10.6. The normalized spacial score (nSPS) is 10.4. The molecule has 0 spiro atoms. The van der Waals surface area contributed by atoms with Crippen LogP contribution in [-0.2, 0) is 6.54 Å². The van der Waals surface area contributed by atoms with Crippen LogP contribution in [0.4, 0.5) is 5.82 Å². The average Bonchev–Trinajstić information content (AvgIpc) is 2.30. The Morgan fingerprint density at radius 1 is 1.06 bits per heavy atom. The Kier molecular flexibility index (Phi) is 2.88. The van der Waals surface area contributed by atoms with Gasteiger partial charge >= 0.3 is 0 Å². The molecule has 0 atom stereocenters. The van der Waals surface area contributed by atoms with Gasteiger partial charge in [0.15, 0.2) is 0 Å². The molecule has 16 heavy (non-hydrogen) atoms. The lowest BCUT2D eigenvalue weighted by Crippen LogP contribution is -2.03. The standard InChI is InChI=1S/C13H15N3/c1-9-2-4-10(5-3-9)12-7-6-11(8-14)13(15)16-12/h2-7H,8,14H2,1H3,(H2,15,16). The minimum Gasteiger partial charge on any atom is -0.383 e. The lowest BCUT2D eigenvalue weighted by Gasteiger charge is -2.06. The number of rotatable bonds is 2. The van der Waals surface area contributed by atoms with Crippen LogP contribution in [0.2, 0.25) is 0 Å². The largest absolute Gasteiger partial charge is 0.383 e. The number of nitrogen functional groups attached to an aromatic ring is 1. The highest BCUT2D eigenvalue weighted by Crippen LogP contribution is 2.20. The summed E-state index contributed by atoms with van der Waals surface area (Å²) in [4.78, 5) is 4.34. The summed E-state index contributed by atoms with van der Waals surface area (Å²) in [5, 5.41) is 0. The number of nitrogens with zero attached hydrogens (tertiary/aromatic N) is 1. The van der Waals surface area contributed by atoms with E-state index in [0.717, 1.165) is 16.8 Å². The molecule has 3 nitrogen and oxygen atoms in total. The highest BCUT2D eigenvalue weighted by Gasteiger charge is 2.03. The summed E-state index contributed by atoms with van der Waals surface area (Å²) < 4.78 is 0. The van der Waals surface area contributed by atoms with Gasteiger partial charge in [0.2, 0.25) is 0 Å². The van der Waals surface area contributed by atoms with E-state index in [1.54, 1.807) is 0 Å². The SMILES string of the molecule is Cc1ccc(-c2ccc(CN)c(N)n2)cc1. The molecule has 0 fully saturated rings. The van der Waals surface area contributed by atoms with Crippen molar-refractivity contribution in [3.8, 4) is 11.3 Å². The summed E-state index contributed by atoms with van der Waals surface area (Å²) in [7, 11) is 0. The second-order valence-electron chi connectivity index (χ2n) is 3.81. The molecule has 82 valence electrons. The predicted molar refractivity (Wildman–Crippen MR) is 66.7 cm³/mol. The second-order valence-corrected chi connectivity index (χ2v) is 3.81. The minimum atomic E-state index is 0.424. The Morgan fingerprint density at radius 2 is 1.75 bits per heavy atom. The van der Waals surface area contributed by atoms with Crippen LogP contribution in [-0.4, -0.2) is 4.98 Å². The first-order valence-corrected chi connectivity index (χ1v) is 5.23. The first-order valence-electron chi connectivity index (χ1n) is 5.23. The number of aromatic nitrogens is 1. The number of anilines is 1. The molecule has 2 aromatic rings. The minimum absolute atomic E-state index is 0.424. The number of pyridine rings is 1. The maximum Gasteiger partial charge on any atom is 0.128 e. The summed E-state index contributed by atoms with van der Waals surface area (Å²) >= 11 is 0. The van der Waals surface area contributed by atoms with E-state index in [2.05, 4.69) is 24.0 Å². The first-order chi connectivity index (χ1) is 7.70. The van der Waals surface area contributed by atoms with E-state index < -0.39 is 0 Å². The van der Waals surface area contributed by atoms with Crippen molar-refractivity contribution in [2.75, 3.05) is 5.73 Å². The van der Waals surface area contributed by atoms with E-state index in [9.17, 15) is 0 Å². The predicted octanol–water partition coefficient (Wildman–Crippen LogP) is 2.10. The average molecular weight is 213 g/mol. The van der Waals surface area contributed by atoms with Crippen molar-refractivity contribution in [1.82, 2.24) is 4.98 Å². The lowest BCUT2D eigenvalue weighted by molar-refractivity contribution is 1.06. The molecule has 0 saturated heterocycles. The third kappa shape index (κ3) is 2.04. The molecule has 1 aromatic heterocycles. The molecule has 0 aliphatic rings. The van der Waals surface area contributed by atoms with Crippen LogP contribution in [0, 0.1) is 6.92 Å². The fourth-order valence-electron chi connectivity index (χ4n) is 1.56. The molecule has 1 aromatic carbocycles. The van der Waals surface area contributed by atoms with Crippen LogP contribution >= 0.6 is 0 Å². The van der Waals surface area contributed by atoms with Crippen LogP contribution in [0.3, 0.4) is 0 Å². The summed E-state index contributed by atoms with van der Waals surface area (Å²) in [6, 6.07) is 12.1. The smallest absolute Gasteiger partial charge is 0.128 e. The van der Waals surface area contributed by atoms with Crippen molar-refractivity contribution in [2.24, 2.45) is 5.73 Å². The molecular formula is C13H15N3. The molecule has 1 heterocycles. The van der Waals surface area contributed by atoms with Crippen LogP contribution in [0.25, 0.3) is 11.3 Å². The van der Waals surface area contributed by atoms with Gasteiger partial charge in [-0.15, -0.1) is 0 Å². The molecule has 4 N–H and O–H groups in total. The Balaban J connectivity index is 2.41. The van der Waals surface area contributed by atoms with E-state index in [1.165, 1.54) is 5.56 Å². The number of hydrogen-bond donors (Lipinski definition) is 2. The van der Waals surface area contributed by atoms with Crippen molar-refractivity contribution < 1.29 is 0 Å². The number of aryl methyl sites for hydroxylation is 1. The van der Waals surface area contributed by atoms with E-state index in [4.69, 9.17) is 11.5 Å². The van der Waals surface area contributed by atoms with Crippen LogP contribution in [0.5, 0.6) is 0 Å². The van der Waals surface area contributed by atoms with Gasteiger partial charge in [0.1, 0.15) is 5.82 Å². The maximum absolute atomic E-state index is 5.81. The van der Waals surface area contributed by atoms with Crippen LogP contribution in [0.15, 0.2) is 36.4 Å². The lowest BCUT2D eigenvalue weighted by atomic mass is 10.1. The molecule has 0 aliphatic heterocycles. The van der Waals surface area contributed by atoms with Gasteiger partial charge in [-0.1, -0.05) is 35.9 Å². The molecule has 3 heteroatoms. The highest BCUT2D eigenvalue weighted by molar-refractivity contribution is 5.62. The highest BCUT2D eigenvalue weighted by atomic mass is 14.8. The molecule has 0 bridgehead atoms. The number of hydrogen-bond acceptors (Lipinski definition) is 3. The third-order valence-electron chi connectivity index (χ3n) is 2.58. The van der Waals surface area contributed by atoms with Crippen molar-refractivity contribution in [2.45, 2.75) is 13.5 Å². The van der Waals surface area contributed by atoms with Gasteiger partial charge in [-0.05, 0) is 13.0 Å². The summed E-state index contributed by atoms with van der Waals surface area (Å²) in [6.07, 6.45) is 0. The zero-order valence-electron chi connectivity index (χ0n) is 9.27. The second kappa shape index (κ2) is 4.33. The van der Waals surface area contributed by atoms with E-state index in [0.29, 0.717) is 12.4 Å².